The lowest BCUT2D eigenvalue weighted by molar-refractivity contribution is 0.0944. The van der Waals surface area contributed by atoms with Gasteiger partial charge in [0.1, 0.15) is 0 Å². The monoisotopic (exact) mass is 233 g/mol. The number of nitrogen functional groups attached to an aromatic ring is 1. The van der Waals surface area contributed by atoms with E-state index in [1.54, 1.807) is 12.1 Å². The van der Waals surface area contributed by atoms with Gasteiger partial charge in [-0.15, -0.1) is 0 Å². The lowest BCUT2D eigenvalue weighted by Gasteiger charge is -2.19. The number of nitrogens with zero attached hydrogens (tertiary/aromatic N) is 1. The highest BCUT2D eigenvalue weighted by Crippen LogP contribution is 2.14. The summed E-state index contributed by atoms with van der Waals surface area (Å²) in [7, 11) is 2.10. The van der Waals surface area contributed by atoms with E-state index in [4.69, 9.17) is 5.73 Å². The molecule has 1 fully saturated rings. The number of rotatable bonds is 3. The molecule has 1 aliphatic heterocycles. The largest absolute Gasteiger partial charge is 0.398 e. The van der Waals surface area contributed by atoms with Gasteiger partial charge < -0.3 is 16.0 Å². The lowest BCUT2D eigenvalue weighted by atomic mass is 10.1. The van der Waals surface area contributed by atoms with Gasteiger partial charge in [0.25, 0.3) is 5.91 Å². The van der Waals surface area contributed by atoms with Gasteiger partial charge in [-0.1, -0.05) is 12.1 Å². The van der Waals surface area contributed by atoms with Crippen LogP contribution in [0.15, 0.2) is 24.3 Å². The van der Waals surface area contributed by atoms with Crippen LogP contribution in [0.1, 0.15) is 23.2 Å². The summed E-state index contributed by atoms with van der Waals surface area (Å²) < 4.78 is 0. The molecule has 4 nitrogen and oxygen atoms in total. The maximum absolute atomic E-state index is 11.9. The Bertz CT molecular complexity index is 405. The van der Waals surface area contributed by atoms with Crippen molar-refractivity contribution in [3.63, 3.8) is 0 Å². The Morgan fingerprint density at radius 2 is 2.29 bits per heavy atom. The number of amides is 1. The van der Waals surface area contributed by atoms with Crippen LogP contribution in [0.25, 0.3) is 0 Å². The van der Waals surface area contributed by atoms with Crippen molar-refractivity contribution in [2.45, 2.75) is 18.9 Å². The quantitative estimate of drug-likeness (QED) is 0.768. The average molecular weight is 233 g/mol. The Labute approximate surface area is 102 Å². The third-order valence-electron chi connectivity index (χ3n) is 3.38. The predicted octanol–water partition coefficient (Wildman–Crippen LogP) is 1.09. The first-order chi connectivity index (χ1) is 8.18. The molecule has 1 heterocycles. The molecule has 0 radical (unpaired) electrons. The molecule has 1 atom stereocenters. The molecule has 1 aliphatic rings. The molecule has 0 aromatic heterocycles. The number of para-hydroxylation sites is 1. The number of anilines is 1. The number of hydrogen-bond donors (Lipinski definition) is 2. The summed E-state index contributed by atoms with van der Waals surface area (Å²) in [5.74, 6) is -0.0802. The summed E-state index contributed by atoms with van der Waals surface area (Å²) in [6.07, 6.45) is 2.37. The summed E-state index contributed by atoms with van der Waals surface area (Å²) in [6, 6.07) is 7.62. The van der Waals surface area contributed by atoms with Crippen LogP contribution in [0.2, 0.25) is 0 Å². The highest BCUT2D eigenvalue weighted by Gasteiger charge is 2.21. The van der Waals surface area contributed by atoms with Crippen molar-refractivity contribution in [1.29, 1.82) is 0 Å². The highest BCUT2D eigenvalue weighted by atomic mass is 16.1. The summed E-state index contributed by atoms with van der Waals surface area (Å²) in [5, 5.41) is 2.95. The topological polar surface area (TPSA) is 58.4 Å². The van der Waals surface area contributed by atoms with Gasteiger partial charge in [-0.3, -0.25) is 4.79 Å². The third kappa shape index (κ3) is 2.77. The molecule has 1 aromatic carbocycles. The van der Waals surface area contributed by atoms with Gasteiger partial charge in [0.05, 0.1) is 5.56 Å². The molecule has 0 saturated carbocycles. The smallest absolute Gasteiger partial charge is 0.253 e. The number of nitrogens with two attached hydrogens (primary N) is 1. The Morgan fingerprint density at radius 1 is 1.53 bits per heavy atom. The minimum absolute atomic E-state index is 0.0802. The molecule has 0 aliphatic carbocycles. The van der Waals surface area contributed by atoms with E-state index in [1.807, 2.05) is 12.1 Å². The number of nitrogens with one attached hydrogen (secondary N) is 1. The van der Waals surface area contributed by atoms with E-state index in [1.165, 1.54) is 6.42 Å². The zero-order chi connectivity index (χ0) is 12.3. The van der Waals surface area contributed by atoms with Crippen LogP contribution in [0.5, 0.6) is 0 Å². The second kappa shape index (κ2) is 5.19. The third-order valence-corrected chi connectivity index (χ3v) is 3.38. The zero-order valence-corrected chi connectivity index (χ0v) is 10.1. The van der Waals surface area contributed by atoms with Crippen LogP contribution in [0.3, 0.4) is 0 Å². The van der Waals surface area contributed by atoms with Crippen LogP contribution >= 0.6 is 0 Å². The zero-order valence-electron chi connectivity index (χ0n) is 10.1. The van der Waals surface area contributed by atoms with E-state index < -0.39 is 0 Å². The lowest BCUT2D eigenvalue weighted by Crippen LogP contribution is -2.38. The Hall–Kier alpha value is -1.55. The summed E-state index contributed by atoms with van der Waals surface area (Å²) in [6.45, 7) is 1.82. The standard InChI is InChI=1S/C13H19N3O/c1-16-8-4-5-10(16)9-15-13(17)11-6-2-3-7-12(11)14/h2-3,6-7,10H,4-5,8-9,14H2,1H3,(H,15,17). The van der Waals surface area contributed by atoms with Crippen molar-refractivity contribution in [3.8, 4) is 0 Å². The highest BCUT2D eigenvalue weighted by molar-refractivity contribution is 5.99. The minimum Gasteiger partial charge on any atom is -0.398 e. The number of carbonyl (C=O) groups is 1. The fourth-order valence-corrected chi connectivity index (χ4v) is 2.25. The summed E-state index contributed by atoms with van der Waals surface area (Å²) in [4.78, 5) is 14.2. The van der Waals surface area contributed by atoms with Crippen LogP contribution in [0.4, 0.5) is 5.69 Å². The van der Waals surface area contributed by atoms with Crippen LogP contribution in [-0.2, 0) is 0 Å². The molecule has 0 bridgehead atoms. The van der Waals surface area contributed by atoms with Crippen molar-refractivity contribution < 1.29 is 4.79 Å². The molecule has 92 valence electrons. The molecule has 1 saturated heterocycles. The van der Waals surface area contributed by atoms with E-state index >= 15 is 0 Å². The van der Waals surface area contributed by atoms with Crippen molar-refractivity contribution >= 4 is 11.6 Å². The second-order valence-corrected chi connectivity index (χ2v) is 4.57. The van der Waals surface area contributed by atoms with Crippen molar-refractivity contribution in [2.24, 2.45) is 0 Å². The molecule has 1 amide bonds. The van der Waals surface area contributed by atoms with E-state index in [9.17, 15) is 4.79 Å². The first-order valence-corrected chi connectivity index (χ1v) is 6.01. The number of carbonyl (C=O) groups excluding carboxylic acids is 1. The van der Waals surface area contributed by atoms with Gasteiger partial charge in [0.2, 0.25) is 0 Å². The van der Waals surface area contributed by atoms with Crippen molar-refractivity contribution in [1.82, 2.24) is 10.2 Å². The van der Waals surface area contributed by atoms with Gasteiger partial charge in [-0.05, 0) is 38.6 Å². The number of benzene rings is 1. The van der Waals surface area contributed by atoms with Gasteiger partial charge >= 0.3 is 0 Å². The molecular formula is C13H19N3O. The first kappa shape index (κ1) is 11.9. The summed E-state index contributed by atoms with van der Waals surface area (Å²) >= 11 is 0. The summed E-state index contributed by atoms with van der Waals surface area (Å²) in [5.41, 5.74) is 6.86. The molecular weight excluding hydrogens is 214 g/mol. The predicted molar refractivity (Wildman–Crippen MR) is 68.8 cm³/mol. The van der Waals surface area contributed by atoms with Crippen molar-refractivity contribution in [2.75, 3.05) is 25.9 Å². The minimum atomic E-state index is -0.0802. The molecule has 1 unspecified atom stereocenters. The molecule has 3 N–H and O–H groups in total. The molecule has 4 heteroatoms. The number of likely N-dealkylation sites (tertiary alicyclic amines) is 1. The fourth-order valence-electron chi connectivity index (χ4n) is 2.25. The maximum Gasteiger partial charge on any atom is 0.253 e. The van der Waals surface area contributed by atoms with Crippen molar-refractivity contribution in [3.05, 3.63) is 29.8 Å². The fraction of sp³-hybridized carbons (Fsp3) is 0.462. The van der Waals surface area contributed by atoms with Crippen LogP contribution in [0, 0.1) is 0 Å². The molecule has 0 spiro atoms. The molecule has 1 aromatic rings. The average Bonchev–Trinajstić information content (AvgIpc) is 2.72. The van der Waals surface area contributed by atoms with E-state index in [0.717, 1.165) is 13.0 Å². The van der Waals surface area contributed by atoms with Crippen LogP contribution < -0.4 is 11.1 Å². The Morgan fingerprint density at radius 3 is 2.94 bits per heavy atom. The van der Waals surface area contributed by atoms with E-state index in [2.05, 4.69) is 17.3 Å². The van der Waals surface area contributed by atoms with E-state index in [0.29, 0.717) is 23.8 Å². The van der Waals surface area contributed by atoms with Gasteiger partial charge in [0, 0.05) is 18.3 Å². The normalized spacial score (nSPS) is 20.4. The maximum atomic E-state index is 11.9. The second-order valence-electron chi connectivity index (χ2n) is 4.57. The van der Waals surface area contributed by atoms with Gasteiger partial charge in [-0.2, -0.15) is 0 Å². The van der Waals surface area contributed by atoms with Gasteiger partial charge in [0.15, 0.2) is 0 Å². The van der Waals surface area contributed by atoms with Gasteiger partial charge in [-0.25, -0.2) is 0 Å². The molecule has 2 rings (SSSR count). The Balaban J connectivity index is 1.91. The molecule has 17 heavy (non-hydrogen) atoms. The van der Waals surface area contributed by atoms with Crippen LogP contribution in [-0.4, -0.2) is 37.0 Å². The first-order valence-electron chi connectivity index (χ1n) is 6.01. The van der Waals surface area contributed by atoms with E-state index in [-0.39, 0.29) is 5.91 Å². The Kier molecular flexibility index (Phi) is 3.64. The number of likely N-dealkylation sites (N-methyl/N-ethyl adjacent to an activating group) is 1. The SMILES string of the molecule is CN1CCCC1CNC(=O)c1ccccc1N. The number of hydrogen-bond acceptors (Lipinski definition) is 3.